The van der Waals surface area contributed by atoms with Crippen LogP contribution >= 0.6 is 0 Å². The van der Waals surface area contributed by atoms with E-state index in [0.29, 0.717) is 5.92 Å². The molecule has 0 radical (unpaired) electrons. The number of nitrogens with zero attached hydrogens (tertiary/aromatic N) is 1. The van der Waals surface area contributed by atoms with Crippen LogP contribution in [-0.2, 0) is 0 Å². The summed E-state index contributed by atoms with van der Waals surface area (Å²) in [6.45, 7) is 6.85. The molecule has 12 heavy (non-hydrogen) atoms. The fourth-order valence-electron chi connectivity index (χ4n) is 1.73. The molecule has 3 heteroatoms. The highest BCUT2D eigenvalue weighted by Crippen LogP contribution is 2.18. The van der Waals surface area contributed by atoms with Gasteiger partial charge in [-0.1, -0.05) is 0 Å². The highest BCUT2D eigenvalue weighted by Gasteiger charge is 2.26. The second kappa shape index (κ2) is 4.21. The number of hydrogen-bond acceptors (Lipinski definition) is 3. The van der Waals surface area contributed by atoms with Gasteiger partial charge in [0.25, 0.3) is 0 Å². The van der Waals surface area contributed by atoms with Gasteiger partial charge in [0.2, 0.25) is 0 Å². The van der Waals surface area contributed by atoms with Crippen LogP contribution in [-0.4, -0.2) is 41.8 Å². The van der Waals surface area contributed by atoms with E-state index < -0.39 is 0 Å². The highest BCUT2D eigenvalue weighted by atomic mass is 16.3. The fourth-order valence-corrected chi connectivity index (χ4v) is 1.73. The molecular weight excluding hydrogens is 152 g/mol. The Morgan fingerprint density at radius 2 is 2.25 bits per heavy atom. The molecule has 0 spiro atoms. The Labute approximate surface area is 74.5 Å². The average Bonchev–Trinajstić information content (AvgIpc) is 2.50. The van der Waals surface area contributed by atoms with E-state index in [-0.39, 0.29) is 12.1 Å². The van der Waals surface area contributed by atoms with Crippen molar-refractivity contribution >= 4 is 0 Å². The molecule has 3 nitrogen and oxygen atoms in total. The number of aliphatic hydroxyl groups excluding tert-OH is 1. The van der Waals surface area contributed by atoms with Crippen molar-refractivity contribution < 1.29 is 5.11 Å². The first-order chi connectivity index (χ1) is 5.65. The van der Waals surface area contributed by atoms with E-state index in [0.717, 1.165) is 19.6 Å². The summed E-state index contributed by atoms with van der Waals surface area (Å²) in [5.41, 5.74) is 5.58. The van der Waals surface area contributed by atoms with Crippen molar-refractivity contribution in [2.24, 2.45) is 11.7 Å². The molecule has 3 atom stereocenters. The fraction of sp³-hybridized carbons (Fsp3) is 1.00. The summed E-state index contributed by atoms with van der Waals surface area (Å²) >= 11 is 0. The smallest absolute Gasteiger partial charge is 0.0664 e. The van der Waals surface area contributed by atoms with Gasteiger partial charge in [-0.2, -0.15) is 0 Å². The van der Waals surface area contributed by atoms with E-state index in [2.05, 4.69) is 11.8 Å². The summed E-state index contributed by atoms with van der Waals surface area (Å²) in [7, 11) is 0. The van der Waals surface area contributed by atoms with Gasteiger partial charge in [-0.05, 0) is 39.3 Å². The van der Waals surface area contributed by atoms with E-state index in [9.17, 15) is 5.11 Å². The van der Waals surface area contributed by atoms with Gasteiger partial charge >= 0.3 is 0 Å². The van der Waals surface area contributed by atoms with Crippen LogP contribution in [0.3, 0.4) is 0 Å². The maximum atomic E-state index is 9.37. The Morgan fingerprint density at radius 1 is 1.58 bits per heavy atom. The Kier molecular flexibility index (Phi) is 3.50. The molecule has 0 bridgehead atoms. The van der Waals surface area contributed by atoms with Crippen molar-refractivity contribution in [2.75, 3.05) is 19.6 Å². The van der Waals surface area contributed by atoms with Gasteiger partial charge in [0.05, 0.1) is 6.10 Å². The molecule has 1 saturated heterocycles. The second-order valence-corrected chi connectivity index (χ2v) is 3.87. The normalized spacial score (nSPS) is 30.5. The lowest BCUT2D eigenvalue weighted by Crippen LogP contribution is -2.39. The van der Waals surface area contributed by atoms with Crippen molar-refractivity contribution in [1.82, 2.24) is 4.90 Å². The van der Waals surface area contributed by atoms with E-state index in [4.69, 9.17) is 5.73 Å². The predicted octanol–water partition coefficient (Wildman–Crippen LogP) is 0.0363. The minimum Gasteiger partial charge on any atom is -0.392 e. The number of nitrogens with two attached hydrogens (primary N) is 1. The highest BCUT2D eigenvalue weighted by molar-refractivity contribution is 4.81. The monoisotopic (exact) mass is 172 g/mol. The molecule has 0 aromatic rings. The molecule has 1 fully saturated rings. The number of likely N-dealkylation sites (tertiary alicyclic amines) is 1. The first-order valence-corrected chi connectivity index (χ1v) is 4.77. The molecule has 0 aromatic carbocycles. The van der Waals surface area contributed by atoms with Gasteiger partial charge in [-0.25, -0.2) is 0 Å². The van der Waals surface area contributed by atoms with Crippen molar-refractivity contribution in [3.63, 3.8) is 0 Å². The molecule has 72 valence electrons. The van der Waals surface area contributed by atoms with Gasteiger partial charge < -0.3 is 10.8 Å². The first kappa shape index (κ1) is 9.96. The maximum Gasteiger partial charge on any atom is 0.0664 e. The largest absolute Gasteiger partial charge is 0.392 e. The summed E-state index contributed by atoms with van der Waals surface area (Å²) in [6, 6.07) is 0.279. The van der Waals surface area contributed by atoms with Gasteiger partial charge in [0, 0.05) is 12.6 Å². The Bertz CT molecular complexity index is 138. The Hall–Kier alpha value is -0.120. The summed E-state index contributed by atoms with van der Waals surface area (Å²) in [6.07, 6.45) is 0.953. The molecule has 0 aromatic heterocycles. The van der Waals surface area contributed by atoms with Crippen LogP contribution in [0.1, 0.15) is 20.3 Å². The zero-order valence-electron chi connectivity index (χ0n) is 8.03. The number of aliphatic hydroxyl groups is 1. The maximum absolute atomic E-state index is 9.37. The lowest BCUT2D eigenvalue weighted by molar-refractivity contribution is 0.0835. The Balaban J connectivity index is 2.35. The summed E-state index contributed by atoms with van der Waals surface area (Å²) in [5.74, 6) is 0.645. The lowest BCUT2D eigenvalue weighted by atomic mass is 10.1. The summed E-state index contributed by atoms with van der Waals surface area (Å²) < 4.78 is 0. The van der Waals surface area contributed by atoms with Gasteiger partial charge in [0.15, 0.2) is 0 Å². The molecule has 0 aliphatic carbocycles. The van der Waals surface area contributed by atoms with Crippen LogP contribution < -0.4 is 5.73 Å². The summed E-state index contributed by atoms with van der Waals surface area (Å²) in [5, 5.41) is 9.37. The van der Waals surface area contributed by atoms with Crippen LogP contribution in [0.25, 0.3) is 0 Å². The lowest BCUT2D eigenvalue weighted by Gasteiger charge is -2.26. The molecule has 3 N–H and O–H groups in total. The quantitative estimate of drug-likeness (QED) is 0.632. The van der Waals surface area contributed by atoms with Crippen LogP contribution in [0.15, 0.2) is 0 Å². The van der Waals surface area contributed by atoms with E-state index >= 15 is 0 Å². The van der Waals surface area contributed by atoms with Crippen molar-refractivity contribution in [3.8, 4) is 0 Å². The number of hydrogen-bond donors (Lipinski definition) is 2. The van der Waals surface area contributed by atoms with Crippen molar-refractivity contribution in [1.29, 1.82) is 0 Å². The van der Waals surface area contributed by atoms with Gasteiger partial charge in [-0.15, -0.1) is 0 Å². The SMILES string of the molecule is CC(O)C(C)N1CCC(CN)C1. The van der Waals surface area contributed by atoms with Crippen molar-refractivity contribution in [3.05, 3.63) is 0 Å². The molecule has 1 aliphatic rings. The van der Waals surface area contributed by atoms with Gasteiger partial charge in [0.1, 0.15) is 0 Å². The minimum atomic E-state index is -0.235. The van der Waals surface area contributed by atoms with Gasteiger partial charge in [-0.3, -0.25) is 4.90 Å². The van der Waals surface area contributed by atoms with E-state index in [1.54, 1.807) is 0 Å². The topological polar surface area (TPSA) is 49.5 Å². The molecule has 1 aliphatic heterocycles. The average molecular weight is 172 g/mol. The number of rotatable bonds is 3. The third kappa shape index (κ3) is 2.19. The first-order valence-electron chi connectivity index (χ1n) is 4.77. The van der Waals surface area contributed by atoms with Crippen LogP contribution in [0.5, 0.6) is 0 Å². The predicted molar refractivity (Wildman–Crippen MR) is 49.9 cm³/mol. The summed E-state index contributed by atoms with van der Waals surface area (Å²) in [4.78, 5) is 2.32. The zero-order valence-corrected chi connectivity index (χ0v) is 8.03. The minimum absolute atomic E-state index is 0.235. The Morgan fingerprint density at radius 3 is 2.67 bits per heavy atom. The molecule has 0 saturated carbocycles. The molecule has 1 heterocycles. The molecule has 3 unspecified atom stereocenters. The molecule has 0 amide bonds. The van der Waals surface area contributed by atoms with Crippen LogP contribution in [0.4, 0.5) is 0 Å². The molecule has 1 rings (SSSR count). The third-order valence-corrected chi connectivity index (χ3v) is 2.92. The second-order valence-electron chi connectivity index (χ2n) is 3.87. The van der Waals surface area contributed by atoms with Crippen LogP contribution in [0.2, 0.25) is 0 Å². The molecular formula is C9H20N2O. The van der Waals surface area contributed by atoms with Crippen LogP contribution in [0, 0.1) is 5.92 Å². The zero-order chi connectivity index (χ0) is 9.14. The third-order valence-electron chi connectivity index (χ3n) is 2.92. The van der Waals surface area contributed by atoms with Crippen molar-refractivity contribution in [2.45, 2.75) is 32.4 Å². The van der Waals surface area contributed by atoms with E-state index in [1.807, 2.05) is 6.92 Å². The van der Waals surface area contributed by atoms with E-state index in [1.165, 1.54) is 6.42 Å². The standard InChI is InChI=1S/C9H20N2O/c1-7(8(2)12)11-4-3-9(5-10)6-11/h7-9,12H,3-6,10H2,1-2H3.